The molecule has 2 aromatic heterocycles. The van der Waals surface area contributed by atoms with Crippen LogP contribution in [0.25, 0.3) is 16.3 Å². The summed E-state index contributed by atoms with van der Waals surface area (Å²) in [5.41, 5.74) is 0.785. The van der Waals surface area contributed by atoms with Crippen molar-refractivity contribution in [2.75, 3.05) is 14.2 Å². The van der Waals surface area contributed by atoms with Gasteiger partial charge in [0.05, 0.1) is 19.6 Å². The second-order valence-electron chi connectivity index (χ2n) is 4.69. The van der Waals surface area contributed by atoms with Gasteiger partial charge in [-0.3, -0.25) is 0 Å². The number of carbonyl (C=O) groups excluding carboxylic acids is 1. The standard InChI is InChI=1S/C17H14N2O4S/c1-21-14-9-11(4-6-15(20)22-2)3-5-13(14)23-16-12-7-8-24-17(12)19-10-18-16/h3-10H,1-2H3/b6-4+. The number of rotatable bonds is 5. The van der Waals surface area contributed by atoms with Crippen molar-refractivity contribution in [1.82, 2.24) is 9.97 Å². The number of ether oxygens (including phenoxy) is 3. The highest BCUT2D eigenvalue weighted by molar-refractivity contribution is 7.16. The molecule has 0 atom stereocenters. The van der Waals surface area contributed by atoms with E-state index in [9.17, 15) is 4.79 Å². The molecule has 122 valence electrons. The number of hydrogen-bond donors (Lipinski definition) is 0. The van der Waals surface area contributed by atoms with Crippen LogP contribution in [0.4, 0.5) is 0 Å². The summed E-state index contributed by atoms with van der Waals surface area (Å²) in [5, 5.41) is 2.78. The van der Waals surface area contributed by atoms with E-state index in [0.29, 0.717) is 17.4 Å². The van der Waals surface area contributed by atoms with Crippen molar-refractivity contribution in [2.24, 2.45) is 0 Å². The predicted molar refractivity (Wildman–Crippen MR) is 91.5 cm³/mol. The van der Waals surface area contributed by atoms with E-state index < -0.39 is 5.97 Å². The van der Waals surface area contributed by atoms with Gasteiger partial charge in [0.2, 0.25) is 5.88 Å². The maximum atomic E-state index is 11.2. The Kier molecular flexibility index (Phi) is 4.72. The topological polar surface area (TPSA) is 70.5 Å². The normalized spacial score (nSPS) is 10.9. The van der Waals surface area contributed by atoms with Crippen LogP contribution in [0.3, 0.4) is 0 Å². The van der Waals surface area contributed by atoms with Crippen LogP contribution in [0.2, 0.25) is 0 Å². The number of carbonyl (C=O) groups is 1. The Morgan fingerprint density at radius 2 is 2.04 bits per heavy atom. The first-order valence-electron chi connectivity index (χ1n) is 7.01. The van der Waals surface area contributed by atoms with E-state index >= 15 is 0 Å². The van der Waals surface area contributed by atoms with Crippen molar-refractivity contribution < 1.29 is 19.0 Å². The predicted octanol–water partition coefficient (Wildman–Crippen LogP) is 3.68. The molecule has 0 fully saturated rings. The first kappa shape index (κ1) is 15.9. The number of esters is 1. The third-order valence-electron chi connectivity index (χ3n) is 3.23. The van der Waals surface area contributed by atoms with Crippen molar-refractivity contribution >= 4 is 33.6 Å². The lowest BCUT2D eigenvalue weighted by molar-refractivity contribution is -0.134. The third-order valence-corrected chi connectivity index (χ3v) is 4.05. The molecule has 0 saturated heterocycles. The van der Waals surface area contributed by atoms with E-state index in [0.717, 1.165) is 15.8 Å². The Morgan fingerprint density at radius 3 is 2.83 bits per heavy atom. The van der Waals surface area contributed by atoms with Crippen LogP contribution in [0.15, 0.2) is 42.0 Å². The molecular weight excluding hydrogens is 328 g/mol. The molecule has 6 nitrogen and oxygen atoms in total. The summed E-state index contributed by atoms with van der Waals surface area (Å²) in [7, 11) is 2.88. The molecule has 0 aliphatic rings. The van der Waals surface area contributed by atoms with Crippen LogP contribution in [0, 0.1) is 0 Å². The van der Waals surface area contributed by atoms with Crippen molar-refractivity contribution in [2.45, 2.75) is 0 Å². The van der Waals surface area contributed by atoms with Crippen molar-refractivity contribution in [3.8, 4) is 17.4 Å². The molecule has 0 N–H and O–H groups in total. The SMILES string of the molecule is COC(=O)/C=C/c1ccc(Oc2ncnc3sccc23)c(OC)c1. The molecule has 3 rings (SSSR count). The quantitative estimate of drug-likeness (QED) is 0.520. The Hall–Kier alpha value is -2.93. The first-order chi connectivity index (χ1) is 11.7. The Labute approximate surface area is 142 Å². The van der Waals surface area contributed by atoms with Gasteiger partial charge in [0.25, 0.3) is 0 Å². The lowest BCUT2D eigenvalue weighted by atomic mass is 10.2. The maximum Gasteiger partial charge on any atom is 0.330 e. The molecule has 7 heteroatoms. The molecule has 3 aromatic rings. The van der Waals surface area contributed by atoms with Gasteiger partial charge in [-0.25, -0.2) is 14.8 Å². The van der Waals surface area contributed by atoms with Gasteiger partial charge in [-0.05, 0) is 35.2 Å². The highest BCUT2D eigenvalue weighted by Gasteiger charge is 2.11. The number of nitrogens with zero attached hydrogens (tertiary/aromatic N) is 2. The third kappa shape index (κ3) is 3.36. The van der Waals surface area contributed by atoms with Gasteiger partial charge in [0.1, 0.15) is 11.2 Å². The number of fused-ring (bicyclic) bond motifs is 1. The van der Waals surface area contributed by atoms with Gasteiger partial charge in [0, 0.05) is 6.08 Å². The average Bonchev–Trinajstić information content (AvgIpc) is 3.10. The zero-order valence-electron chi connectivity index (χ0n) is 13.1. The summed E-state index contributed by atoms with van der Waals surface area (Å²) in [4.78, 5) is 20.4. The van der Waals surface area contributed by atoms with Crippen LogP contribution in [0.1, 0.15) is 5.56 Å². The van der Waals surface area contributed by atoms with Gasteiger partial charge in [-0.1, -0.05) is 6.07 Å². The van der Waals surface area contributed by atoms with Crippen molar-refractivity contribution in [3.05, 3.63) is 47.6 Å². The lowest BCUT2D eigenvalue weighted by Gasteiger charge is -2.10. The Bertz CT molecular complexity index is 904. The first-order valence-corrected chi connectivity index (χ1v) is 7.89. The van der Waals surface area contributed by atoms with E-state index in [2.05, 4.69) is 14.7 Å². The molecule has 0 bridgehead atoms. The fraction of sp³-hybridized carbons (Fsp3) is 0.118. The largest absolute Gasteiger partial charge is 0.493 e. The smallest absolute Gasteiger partial charge is 0.330 e. The molecule has 1 aromatic carbocycles. The molecule has 0 spiro atoms. The molecule has 0 aliphatic carbocycles. The van der Waals surface area contributed by atoms with Crippen LogP contribution in [-0.4, -0.2) is 30.2 Å². The maximum absolute atomic E-state index is 11.2. The Morgan fingerprint density at radius 1 is 1.17 bits per heavy atom. The van der Waals surface area contributed by atoms with Gasteiger partial charge in [-0.2, -0.15) is 0 Å². The zero-order valence-corrected chi connectivity index (χ0v) is 13.9. The van der Waals surface area contributed by atoms with E-state index in [1.807, 2.05) is 17.5 Å². The lowest BCUT2D eigenvalue weighted by Crippen LogP contribution is -1.95. The van der Waals surface area contributed by atoms with Crippen LogP contribution >= 0.6 is 11.3 Å². The fourth-order valence-electron chi connectivity index (χ4n) is 2.06. The van der Waals surface area contributed by atoms with Crippen molar-refractivity contribution in [1.29, 1.82) is 0 Å². The summed E-state index contributed by atoms with van der Waals surface area (Å²) in [6.07, 6.45) is 4.45. The number of methoxy groups -OCH3 is 2. The monoisotopic (exact) mass is 342 g/mol. The van der Waals surface area contributed by atoms with E-state index in [-0.39, 0.29) is 0 Å². The summed E-state index contributed by atoms with van der Waals surface area (Å²) >= 11 is 1.52. The highest BCUT2D eigenvalue weighted by Crippen LogP contribution is 2.35. The van der Waals surface area contributed by atoms with E-state index in [1.165, 1.54) is 30.8 Å². The minimum atomic E-state index is -0.421. The average molecular weight is 342 g/mol. The van der Waals surface area contributed by atoms with Gasteiger partial charge in [-0.15, -0.1) is 11.3 Å². The van der Waals surface area contributed by atoms with E-state index in [1.54, 1.807) is 25.3 Å². The number of aromatic nitrogens is 2. The number of hydrogen-bond acceptors (Lipinski definition) is 7. The zero-order chi connectivity index (χ0) is 16.9. The van der Waals surface area contributed by atoms with Crippen LogP contribution in [-0.2, 0) is 9.53 Å². The molecule has 2 heterocycles. The summed E-state index contributed by atoms with van der Waals surface area (Å²) in [5.74, 6) is 1.11. The highest BCUT2D eigenvalue weighted by atomic mass is 32.1. The van der Waals surface area contributed by atoms with Crippen LogP contribution < -0.4 is 9.47 Å². The van der Waals surface area contributed by atoms with Crippen molar-refractivity contribution in [3.63, 3.8) is 0 Å². The van der Waals surface area contributed by atoms with E-state index in [4.69, 9.17) is 9.47 Å². The molecule has 0 unspecified atom stereocenters. The number of benzene rings is 1. The second kappa shape index (κ2) is 7.10. The molecule has 0 amide bonds. The summed E-state index contributed by atoms with van der Waals surface area (Å²) < 4.78 is 15.8. The van der Waals surface area contributed by atoms with Gasteiger partial charge >= 0.3 is 5.97 Å². The second-order valence-corrected chi connectivity index (χ2v) is 5.58. The fourth-order valence-corrected chi connectivity index (χ4v) is 2.78. The molecule has 24 heavy (non-hydrogen) atoms. The van der Waals surface area contributed by atoms with Crippen LogP contribution in [0.5, 0.6) is 17.4 Å². The molecule has 0 aliphatic heterocycles. The minimum Gasteiger partial charge on any atom is -0.493 e. The molecule has 0 radical (unpaired) electrons. The Balaban J connectivity index is 1.89. The summed E-state index contributed by atoms with van der Waals surface area (Å²) in [6.45, 7) is 0. The molecule has 0 saturated carbocycles. The summed E-state index contributed by atoms with van der Waals surface area (Å²) in [6, 6.07) is 7.25. The van der Waals surface area contributed by atoms with Gasteiger partial charge in [0.15, 0.2) is 11.5 Å². The minimum absolute atomic E-state index is 0.421. The molecular formula is C17H14N2O4S. The number of thiophene rings is 1. The van der Waals surface area contributed by atoms with Gasteiger partial charge < -0.3 is 14.2 Å².